The molecular weight excluding hydrogens is 408 g/mol. The highest BCUT2D eigenvalue weighted by molar-refractivity contribution is 5.50. The zero-order valence-corrected chi connectivity index (χ0v) is 19.5. The van der Waals surface area contributed by atoms with Gasteiger partial charge < -0.3 is 14.2 Å². The molecule has 0 N–H and O–H groups in total. The summed E-state index contributed by atoms with van der Waals surface area (Å²) in [5, 5.41) is 0. The Kier molecular flexibility index (Phi) is 7.31. The van der Waals surface area contributed by atoms with Crippen LogP contribution in [0.2, 0.25) is 0 Å². The largest absolute Gasteiger partial charge is 0.489 e. The van der Waals surface area contributed by atoms with Crippen LogP contribution in [0.4, 0.5) is 0 Å². The molecule has 0 aliphatic rings. The molecule has 0 aliphatic carbocycles. The van der Waals surface area contributed by atoms with E-state index in [0.717, 1.165) is 17.2 Å². The Labute approximate surface area is 196 Å². The lowest BCUT2D eigenvalue weighted by molar-refractivity contribution is 0.290. The zero-order valence-electron chi connectivity index (χ0n) is 19.5. The SMILES string of the molecule is Cc1c(COc2ccccc2)c(C)c(COc2ccccc2)c(C)c1COc1ccccc1. The Morgan fingerprint density at radius 1 is 0.394 bits per heavy atom. The smallest absolute Gasteiger partial charge is 0.119 e. The molecule has 0 saturated carbocycles. The van der Waals surface area contributed by atoms with Crippen molar-refractivity contribution in [3.63, 3.8) is 0 Å². The summed E-state index contributed by atoms with van der Waals surface area (Å²) in [6, 6.07) is 29.8. The second-order valence-corrected chi connectivity index (χ2v) is 8.12. The van der Waals surface area contributed by atoms with Gasteiger partial charge in [0.25, 0.3) is 0 Å². The topological polar surface area (TPSA) is 27.7 Å². The van der Waals surface area contributed by atoms with Crippen LogP contribution >= 0.6 is 0 Å². The fraction of sp³-hybridized carbons (Fsp3) is 0.200. The molecule has 0 aliphatic heterocycles. The highest BCUT2D eigenvalue weighted by Crippen LogP contribution is 2.30. The van der Waals surface area contributed by atoms with Gasteiger partial charge >= 0.3 is 0 Å². The lowest BCUT2D eigenvalue weighted by Crippen LogP contribution is -2.13. The van der Waals surface area contributed by atoms with Crippen molar-refractivity contribution in [2.24, 2.45) is 0 Å². The van der Waals surface area contributed by atoms with E-state index in [-0.39, 0.29) is 0 Å². The van der Waals surface area contributed by atoms with Crippen molar-refractivity contribution in [3.05, 3.63) is 124 Å². The van der Waals surface area contributed by atoms with E-state index in [0.29, 0.717) is 19.8 Å². The first kappa shape index (κ1) is 22.5. The van der Waals surface area contributed by atoms with Crippen LogP contribution in [0.5, 0.6) is 17.2 Å². The second-order valence-electron chi connectivity index (χ2n) is 8.12. The first-order valence-electron chi connectivity index (χ1n) is 11.3. The van der Waals surface area contributed by atoms with Crippen molar-refractivity contribution in [1.29, 1.82) is 0 Å². The molecule has 0 radical (unpaired) electrons. The average molecular weight is 439 g/mol. The quantitative estimate of drug-likeness (QED) is 0.273. The van der Waals surface area contributed by atoms with Gasteiger partial charge in [0, 0.05) is 0 Å². The lowest BCUT2D eigenvalue weighted by Gasteiger charge is -2.23. The summed E-state index contributed by atoms with van der Waals surface area (Å²) in [4.78, 5) is 0. The van der Waals surface area contributed by atoms with E-state index in [9.17, 15) is 0 Å². The van der Waals surface area contributed by atoms with Crippen molar-refractivity contribution in [2.75, 3.05) is 0 Å². The molecule has 0 unspecified atom stereocenters. The summed E-state index contributed by atoms with van der Waals surface area (Å²) in [6.07, 6.45) is 0. The molecule has 4 aromatic rings. The molecule has 33 heavy (non-hydrogen) atoms. The van der Waals surface area contributed by atoms with Gasteiger partial charge in [0.2, 0.25) is 0 Å². The number of para-hydroxylation sites is 3. The van der Waals surface area contributed by atoms with Crippen molar-refractivity contribution >= 4 is 0 Å². The third-order valence-corrected chi connectivity index (χ3v) is 6.10. The molecule has 168 valence electrons. The number of hydrogen-bond acceptors (Lipinski definition) is 3. The molecular formula is C30H30O3. The van der Waals surface area contributed by atoms with Crippen LogP contribution in [0, 0.1) is 20.8 Å². The standard InChI is InChI=1S/C30H30O3/c1-22-28(19-31-25-13-7-4-8-14-25)23(2)30(21-33-27-17-11-6-12-18-27)24(3)29(22)20-32-26-15-9-5-10-16-26/h4-18H,19-21H2,1-3H3. The summed E-state index contributed by atoms with van der Waals surface area (Å²) in [5.41, 5.74) is 7.18. The molecule has 3 heteroatoms. The maximum atomic E-state index is 6.15. The Hall–Kier alpha value is -3.72. The molecule has 0 amide bonds. The number of hydrogen-bond donors (Lipinski definition) is 0. The van der Waals surface area contributed by atoms with Crippen LogP contribution in [0.1, 0.15) is 33.4 Å². The molecule has 4 rings (SSSR count). The third-order valence-electron chi connectivity index (χ3n) is 6.10. The minimum atomic E-state index is 0.499. The fourth-order valence-corrected chi connectivity index (χ4v) is 4.06. The maximum absolute atomic E-state index is 6.15. The Morgan fingerprint density at radius 2 is 0.636 bits per heavy atom. The number of ether oxygens (including phenoxy) is 3. The summed E-state index contributed by atoms with van der Waals surface area (Å²) >= 11 is 0. The monoisotopic (exact) mass is 438 g/mol. The first-order valence-corrected chi connectivity index (χ1v) is 11.3. The van der Waals surface area contributed by atoms with Crippen molar-refractivity contribution < 1.29 is 14.2 Å². The summed E-state index contributed by atoms with van der Waals surface area (Å²) in [6.45, 7) is 7.98. The van der Waals surface area contributed by atoms with Crippen molar-refractivity contribution in [1.82, 2.24) is 0 Å². The third kappa shape index (κ3) is 5.56. The van der Waals surface area contributed by atoms with Crippen LogP contribution in [0.3, 0.4) is 0 Å². The minimum absolute atomic E-state index is 0.499. The normalized spacial score (nSPS) is 10.6. The predicted octanol–water partition coefficient (Wildman–Crippen LogP) is 7.35. The van der Waals surface area contributed by atoms with Crippen LogP contribution in [0.25, 0.3) is 0 Å². The van der Waals surface area contributed by atoms with Gasteiger partial charge in [0.05, 0.1) is 0 Å². The average Bonchev–Trinajstić information content (AvgIpc) is 2.86. The maximum Gasteiger partial charge on any atom is 0.119 e. The van der Waals surface area contributed by atoms with E-state index in [1.807, 2.05) is 91.0 Å². The van der Waals surface area contributed by atoms with Gasteiger partial charge in [0.15, 0.2) is 0 Å². The van der Waals surface area contributed by atoms with Crippen molar-refractivity contribution in [3.8, 4) is 17.2 Å². The Bertz CT molecular complexity index is 997. The highest BCUT2D eigenvalue weighted by atomic mass is 16.5. The number of benzene rings is 4. The van der Waals surface area contributed by atoms with E-state index >= 15 is 0 Å². The van der Waals surface area contributed by atoms with E-state index in [1.165, 1.54) is 33.4 Å². The van der Waals surface area contributed by atoms with Crippen LogP contribution in [-0.2, 0) is 19.8 Å². The van der Waals surface area contributed by atoms with E-state index in [4.69, 9.17) is 14.2 Å². The van der Waals surface area contributed by atoms with E-state index < -0.39 is 0 Å². The summed E-state index contributed by atoms with van der Waals surface area (Å²) in [7, 11) is 0. The van der Waals surface area contributed by atoms with E-state index in [1.54, 1.807) is 0 Å². The molecule has 3 nitrogen and oxygen atoms in total. The fourth-order valence-electron chi connectivity index (χ4n) is 4.06. The Balaban J connectivity index is 1.65. The summed E-state index contributed by atoms with van der Waals surface area (Å²) < 4.78 is 18.4. The molecule has 4 aromatic carbocycles. The predicted molar refractivity (Wildman–Crippen MR) is 133 cm³/mol. The first-order chi connectivity index (χ1) is 16.1. The van der Waals surface area contributed by atoms with Crippen LogP contribution < -0.4 is 14.2 Å². The lowest BCUT2D eigenvalue weighted by atomic mass is 9.89. The molecule has 0 saturated heterocycles. The highest BCUT2D eigenvalue weighted by Gasteiger charge is 2.19. The van der Waals surface area contributed by atoms with Gasteiger partial charge in [-0.25, -0.2) is 0 Å². The molecule has 0 aromatic heterocycles. The van der Waals surface area contributed by atoms with Crippen LogP contribution in [0.15, 0.2) is 91.0 Å². The molecule has 0 spiro atoms. The van der Waals surface area contributed by atoms with Crippen LogP contribution in [-0.4, -0.2) is 0 Å². The van der Waals surface area contributed by atoms with Gasteiger partial charge in [-0.15, -0.1) is 0 Å². The Morgan fingerprint density at radius 3 is 0.879 bits per heavy atom. The van der Waals surface area contributed by atoms with Gasteiger partial charge in [-0.1, -0.05) is 54.6 Å². The summed E-state index contributed by atoms with van der Waals surface area (Å²) in [5.74, 6) is 2.59. The van der Waals surface area contributed by atoms with Gasteiger partial charge in [-0.05, 0) is 90.6 Å². The van der Waals surface area contributed by atoms with Gasteiger partial charge in [0.1, 0.15) is 37.1 Å². The van der Waals surface area contributed by atoms with E-state index in [2.05, 4.69) is 20.8 Å². The second kappa shape index (κ2) is 10.7. The molecule has 0 heterocycles. The van der Waals surface area contributed by atoms with Crippen molar-refractivity contribution in [2.45, 2.75) is 40.6 Å². The zero-order chi connectivity index (χ0) is 23.0. The molecule has 0 atom stereocenters. The minimum Gasteiger partial charge on any atom is -0.489 e. The van der Waals surface area contributed by atoms with Gasteiger partial charge in [-0.2, -0.15) is 0 Å². The molecule has 0 fully saturated rings. The number of rotatable bonds is 9. The van der Waals surface area contributed by atoms with Gasteiger partial charge in [-0.3, -0.25) is 0 Å². The molecule has 0 bridgehead atoms.